The highest BCUT2D eigenvalue weighted by molar-refractivity contribution is 6.15. The largest absolute Gasteiger partial charge is 0.493 e. The zero-order chi connectivity index (χ0) is 24.7. The minimum Gasteiger partial charge on any atom is -0.493 e. The molecule has 8 nitrogen and oxygen atoms in total. The maximum Gasteiger partial charge on any atom is 0.410 e. The lowest BCUT2D eigenvalue weighted by atomic mass is 9.94. The van der Waals surface area contributed by atoms with Gasteiger partial charge in [0.2, 0.25) is 0 Å². The van der Waals surface area contributed by atoms with Crippen molar-refractivity contribution in [3.8, 4) is 23.0 Å². The Morgan fingerprint density at radius 3 is 1.62 bits per heavy atom. The number of hydrogen-bond acceptors (Lipinski definition) is 7. The Hall–Kier alpha value is -3.94. The van der Waals surface area contributed by atoms with E-state index in [0.717, 1.165) is 11.1 Å². The monoisotopic (exact) mass is 467 g/mol. The van der Waals surface area contributed by atoms with Gasteiger partial charge in [0.25, 0.3) is 0 Å². The number of amides is 1. The molecule has 0 aromatic heterocycles. The first-order valence-corrected chi connectivity index (χ1v) is 10.8. The van der Waals surface area contributed by atoms with Crippen LogP contribution in [0.3, 0.4) is 0 Å². The van der Waals surface area contributed by atoms with E-state index >= 15 is 0 Å². The highest BCUT2D eigenvalue weighted by atomic mass is 16.6. The summed E-state index contributed by atoms with van der Waals surface area (Å²) >= 11 is 0. The minimum atomic E-state index is -0.480. The molecule has 0 radical (unpaired) electrons. The minimum absolute atomic E-state index is 0.134. The van der Waals surface area contributed by atoms with Crippen LogP contribution in [0.1, 0.15) is 18.1 Å². The normalized spacial score (nSPS) is 15.9. The van der Waals surface area contributed by atoms with E-state index in [-0.39, 0.29) is 25.5 Å². The number of benzene rings is 2. The molecule has 0 spiro atoms. The van der Waals surface area contributed by atoms with Gasteiger partial charge in [0, 0.05) is 11.1 Å². The number of likely N-dealkylation sites (tertiary alicyclic amines) is 1. The molecule has 1 aliphatic rings. The second-order valence-electron chi connectivity index (χ2n) is 7.45. The summed E-state index contributed by atoms with van der Waals surface area (Å²) in [6, 6.07) is 10.7. The fourth-order valence-electron chi connectivity index (χ4n) is 3.67. The smallest absolute Gasteiger partial charge is 0.410 e. The van der Waals surface area contributed by atoms with Gasteiger partial charge >= 0.3 is 6.09 Å². The number of nitrogens with zero attached hydrogens (tertiary/aromatic N) is 1. The van der Waals surface area contributed by atoms with E-state index in [1.807, 2.05) is 12.1 Å². The Bertz CT molecular complexity index is 1040. The lowest BCUT2D eigenvalue weighted by molar-refractivity contribution is -0.113. The van der Waals surface area contributed by atoms with Gasteiger partial charge in [0.15, 0.2) is 28.8 Å². The molecular weight excluding hydrogens is 438 g/mol. The summed E-state index contributed by atoms with van der Waals surface area (Å²) in [5.74, 6) is 2.11. The first kappa shape index (κ1) is 24.7. The first-order chi connectivity index (χ1) is 16.4. The summed E-state index contributed by atoms with van der Waals surface area (Å²) in [5.41, 5.74) is 2.41. The molecule has 8 heteroatoms. The number of carbonyl (C=O) groups is 2. The molecule has 2 aromatic carbocycles. The van der Waals surface area contributed by atoms with Crippen molar-refractivity contribution >= 4 is 24.0 Å². The van der Waals surface area contributed by atoms with Crippen molar-refractivity contribution in [3.05, 3.63) is 58.7 Å². The average Bonchev–Trinajstić information content (AvgIpc) is 2.86. The van der Waals surface area contributed by atoms with Crippen molar-refractivity contribution in [1.29, 1.82) is 0 Å². The number of methoxy groups -OCH3 is 4. The molecule has 3 rings (SSSR count). The molecule has 0 N–H and O–H groups in total. The summed E-state index contributed by atoms with van der Waals surface area (Å²) < 4.78 is 26.5. The Balaban J connectivity index is 2.02. The quantitative estimate of drug-likeness (QED) is 0.564. The van der Waals surface area contributed by atoms with E-state index in [4.69, 9.17) is 23.7 Å². The lowest BCUT2D eigenvalue weighted by Gasteiger charge is -2.29. The van der Waals surface area contributed by atoms with Gasteiger partial charge in [0.05, 0.1) is 48.1 Å². The fourth-order valence-corrected chi connectivity index (χ4v) is 3.67. The number of hydrogen-bond donors (Lipinski definition) is 0. The van der Waals surface area contributed by atoms with Crippen LogP contribution >= 0.6 is 0 Å². The molecule has 1 heterocycles. The maximum absolute atomic E-state index is 13.4. The van der Waals surface area contributed by atoms with Crippen LogP contribution in [0.15, 0.2) is 47.5 Å². The number of ketones is 1. The molecule has 0 unspecified atom stereocenters. The standard InChI is InChI=1S/C26H29NO7/c1-6-34-26(29)27-15-19(11-17-7-9-21(30-2)23(13-17)32-4)25(28)20(16-27)12-18-8-10-22(31-3)24(14-18)33-5/h7-14H,6,15-16H2,1-5H3/b19-11-,20-12+. The number of carbonyl (C=O) groups excluding carboxylic acids is 2. The number of piperidine rings is 1. The fraction of sp³-hybridized carbons (Fsp3) is 0.308. The van der Waals surface area contributed by atoms with Crippen LogP contribution in [-0.4, -0.2) is 64.9 Å². The van der Waals surface area contributed by atoms with E-state index in [2.05, 4.69) is 0 Å². The third kappa shape index (κ3) is 5.51. The van der Waals surface area contributed by atoms with E-state index < -0.39 is 6.09 Å². The van der Waals surface area contributed by atoms with Crippen LogP contribution in [0.4, 0.5) is 4.79 Å². The molecule has 1 saturated heterocycles. The third-order valence-electron chi connectivity index (χ3n) is 5.33. The molecule has 1 aliphatic heterocycles. The van der Waals surface area contributed by atoms with Crippen LogP contribution in [-0.2, 0) is 9.53 Å². The summed E-state index contributed by atoms with van der Waals surface area (Å²) in [5, 5.41) is 0. The van der Waals surface area contributed by atoms with Gasteiger partial charge in [-0.1, -0.05) is 12.1 Å². The van der Waals surface area contributed by atoms with Gasteiger partial charge in [0.1, 0.15) is 0 Å². The van der Waals surface area contributed by atoms with E-state index in [0.29, 0.717) is 34.1 Å². The van der Waals surface area contributed by atoms with E-state index in [9.17, 15) is 9.59 Å². The molecule has 34 heavy (non-hydrogen) atoms. The van der Waals surface area contributed by atoms with Gasteiger partial charge in [-0.2, -0.15) is 0 Å². The summed E-state index contributed by atoms with van der Waals surface area (Å²) in [4.78, 5) is 27.4. The Kier molecular flexibility index (Phi) is 8.19. The topological polar surface area (TPSA) is 83.5 Å². The summed E-state index contributed by atoms with van der Waals surface area (Å²) in [6.07, 6.45) is 3.02. The molecule has 0 saturated carbocycles. The van der Waals surface area contributed by atoms with Crippen molar-refractivity contribution in [3.63, 3.8) is 0 Å². The molecule has 2 aromatic rings. The van der Waals surface area contributed by atoms with Crippen LogP contribution in [0.25, 0.3) is 12.2 Å². The van der Waals surface area contributed by atoms with Gasteiger partial charge in [-0.15, -0.1) is 0 Å². The Labute approximate surface area is 199 Å². The second-order valence-corrected chi connectivity index (χ2v) is 7.45. The Morgan fingerprint density at radius 2 is 1.24 bits per heavy atom. The van der Waals surface area contributed by atoms with Gasteiger partial charge in [-0.25, -0.2) is 4.79 Å². The SMILES string of the molecule is CCOC(=O)N1C/C(=C/c2ccc(OC)c(OC)c2)C(=O)/C(=C/c2ccc(OC)c(OC)c2)C1. The van der Waals surface area contributed by atoms with Crippen molar-refractivity contribution < 1.29 is 33.3 Å². The number of ether oxygens (including phenoxy) is 5. The molecule has 1 amide bonds. The first-order valence-electron chi connectivity index (χ1n) is 10.8. The van der Waals surface area contributed by atoms with Gasteiger partial charge in [-0.05, 0) is 54.5 Å². The van der Waals surface area contributed by atoms with Crippen LogP contribution in [0.2, 0.25) is 0 Å². The highest BCUT2D eigenvalue weighted by Gasteiger charge is 2.30. The van der Waals surface area contributed by atoms with E-state index in [1.165, 1.54) is 4.90 Å². The number of rotatable bonds is 7. The highest BCUT2D eigenvalue weighted by Crippen LogP contribution is 2.31. The second kappa shape index (κ2) is 11.3. The number of Topliss-reactive ketones (excluding diaryl/α,β-unsaturated/α-hetero) is 1. The van der Waals surface area contributed by atoms with Crippen molar-refractivity contribution in [2.24, 2.45) is 0 Å². The van der Waals surface area contributed by atoms with Crippen LogP contribution in [0, 0.1) is 0 Å². The van der Waals surface area contributed by atoms with E-state index in [1.54, 1.807) is 71.8 Å². The molecule has 0 bridgehead atoms. The van der Waals surface area contributed by atoms with Crippen LogP contribution in [0.5, 0.6) is 23.0 Å². The predicted octanol–water partition coefficient (Wildman–Crippen LogP) is 4.23. The van der Waals surface area contributed by atoms with Crippen molar-refractivity contribution in [1.82, 2.24) is 4.90 Å². The van der Waals surface area contributed by atoms with Gasteiger partial charge < -0.3 is 23.7 Å². The Morgan fingerprint density at radius 1 is 0.794 bits per heavy atom. The molecule has 0 atom stereocenters. The zero-order valence-electron chi connectivity index (χ0n) is 20.0. The summed E-state index contributed by atoms with van der Waals surface area (Å²) in [6.45, 7) is 2.26. The van der Waals surface area contributed by atoms with Gasteiger partial charge in [-0.3, -0.25) is 9.69 Å². The van der Waals surface area contributed by atoms with Crippen molar-refractivity contribution in [2.75, 3.05) is 48.1 Å². The lowest BCUT2D eigenvalue weighted by Crippen LogP contribution is -2.41. The predicted molar refractivity (Wildman–Crippen MR) is 129 cm³/mol. The zero-order valence-corrected chi connectivity index (χ0v) is 20.0. The third-order valence-corrected chi connectivity index (χ3v) is 5.33. The average molecular weight is 468 g/mol. The molecule has 0 aliphatic carbocycles. The molecular formula is C26H29NO7. The van der Waals surface area contributed by atoms with Crippen LogP contribution < -0.4 is 18.9 Å². The maximum atomic E-state index is 13.4. The summed E-state index contributed by atoms with van der Waals surface area (Å²) in [7, 11) is 6.21. The molecule has 180 valence electrons. The van der Waals surface area contributed by atoms with Crippen molar-refractivity contribution in [2.45, 2.75) is 6.92 Å². The molecule has 1 fully saturated rings.